The third-order valence-electron chi connectivity index (χ3n) is 2.35. The van der Waals surface area contributed by atoms with Gasteiger partial charge in [-0.15, -0.1) is 11.6 Å². The molecule has 0 aliphatic rings. The van der Waals surface area contributed by atoms with Gasteiger partial charge in [-0.05, 0) is 19.9 Å². The van der Waals surface area contributed by atoms with E-state index in [1.54, 1.807) is 0 Å². The fourth-order valence-electron chi connectivity index (χ4n) is 1.46. The minimum atomic E-state index is 0.514. The molecule has 0 fully saturated rings. The summed E-state index contributed by atoms with van der Waals surface area (Å²) in [7, 11) is 0. The molecule has 3 heteroatoms. The molecule has 2 heterocycles. The third kappa shape index (κ3) is 1.22. The van der Waals surface area contributed by atoms with Gasteiger partial charge in [0.2, 0.25) is 0 Å². The monoisotopic (exact) mass is 194 g/mol. The van der Waals surface area contributed by atoms with Crippen LogP contribution in [0.25, 0.3) is 5.65 Å². The van der Waals surface area contributed by atoms with Crippen molar-refractivity contribution >= 4 is 17.2 Å². The van der Waals surface area contributed by atoms with Crippen LogP contribution >= 0.6 is 11.6 Å². The van der Waals surface area contributed by atoms with E-state index in [1.807, 2.05) is 25.3 Å². The van der Waals surface area contributed by atoms with Crippen molar-refractivity contribution in [3.8, 4) is 0 Å². The average molecular weight is 195 g/mol. The molecule has 0 saturated heterocycles. The minimum absolute atomic E-state index is 0.514. The van der Waals surface area contributed by atoms with Gasteiger partial charge in [0.05, 0.1) is 11.6 Å². The molecule has 2 aromatic heterocycles. The van der Waals surface area contributed by atoms with Crippen molar-refractivity contribution in [2.45, 2.75) is 19.7 Å². The number of hydrogen-bond donors (Lipinski definition) is 0. The van der Waals surface area contributed by atoms with Gasteiger partial charge in [-0.3, -0.25) is 0 Å². The molecule has 68 valence electrons. The number of aryl methyl sites for hydroxylation is 2. The summed E-state index contributed by atoms with van der Waals surface area (Å²) in [5, 5.41) is 0. The Morgan fingerprint density at radius 3 is 2.92 bits per heavy atom. The summed E-state index contributed by atoms with van der Waals surface area (Å²) in [5.41, 5.74) is 4.31. The summed E-state index contributed by atoms with van der Waals surface area (Å²) < 4.78 is 2.08. The maximum Gasteiger partial charge on any atom is 0.141 e. The van der Waals surface area contributed by atoms with Gasteiger partial charge in [0.25, 0.3) is 0 Å². The highest BCUT2D eigenvalue weighted by molar-refractivity contribution is 6.17. The van der Waals surface area contributed by atoms with Crippen molar-refractivity contribution in [3.63, 3.8) is 0 Å². The van der Waals surface area contributed by atoms with E-state index < -0.39 is 0 Å². The zero-order valence-electron chi connectivity index (χ0n) is 7.71. The van der Waals surface area contributed by atoms with Crippen LogP contribution in [0.15, 0.2) is 18.3 Å². The number of halogens is 1. The molecule has 0 N–H and O–H groups in total. The Morgan fingerprint density at radius 2 is 2.23 bits per heavy atom. The Bertz CT molecular complexity index is 445. The van der Waals surface area contributed by atoms with Crippen LogP contribution in [0.4, 0.5) is 0 Å². The zero-order valence-corrected chi connectivity index (χ0v) is 8.47. The van der Waals surface area contributed by atoms with E-state index in [2.05, 4.69) is 16.3 Å². The summed E-state index contributed by atoms with van der Waals surface area (Å²) in [6.45, 7) is 4.08. The number of nitrogens with zero attached hydrogens (tertiary/aromatic N) is 2. The molecule has 0 aliphatic heterocycles. The maximum absolute atomic E-state index is 5.81. The molecule has 0 aliphatic carbocycles. The van der Waals surface area contributed by atoms with E-state index in [9.17, 15) is 0 Å². The first-order valence-corrected chi connectivity index (χ1v) is 4.76. The molecule has 0 spiro atoms. The Morgan fingerprint density at radius 1 is 1.46 bits per heavy atom. The maximum atomic E-state index is 5.81. The molecule has 0 atom stereocenters. The van der Waals surface area contributed by atoms with E-state index in [4.69, 9.17) is 11.6 Å². The van der Waals surface area contributed by atoms with Crippen molar-refractivity contribution in [3.05, 3.63) is 35.3 Å². The topological polar surface area (TPSA) is 17.3 Å². The number of aromatic nitrogens is 2. The lowest BCUT2D eigenvalue weighted by Crippen LogP contribution is -1.90. The van der Waals surface area contributed by atoms with E-state index in [0.717, 1.165) is 16.9 Å². The molecule has 0 aromatic carbocycles. The van der Waals surface area contributed by atoms with Gasteiger partial charge in [-0.25, -0.2) is 4.98 Å². The van der Waals surface area contributed by atoms with Crippen LogP contribution in [0.1, 0.15) is 17.0 Å². The lowest BCUT2D eigenvalue weighted by Gasteiger charge is -1.99. The first kappa shape index (κ1) is 8.57. The second-order valence-corrected chi connectivity index (χ2v) is 3.41. The Hall–Kier alpha value is -1.02. The van der Waals surface area contributed by atoms with Crippen LogP contribution in [-0.4, -0.2) is 9.38 Å². The van der Waals surface area contributed by atoms with Crippen molar-refractivity contribution in [1.82, 2.24) is 9.38 Å². The number of fused-ring (bicyclic) bond motifs is 1. The van der Waals surface area contributed by atoms with Gasteiger partial charge in [0.15, 0.2) is 0 Å². The van der Waals surface area contributed by atoms with E-state index >= 15 is 0 Å². The average Bonchev–Trinajstić information content (AvgIpc) is 2.43. The highest BCUT2D eigenvalue weighted by atomic mass is 35.5. The summed E-state index contributed by atoms with van der Waals surface area (Å²) in [5.74, 6) is 0.514. The summed E-state index contributed by atoms with van der Waals surface area (Å²) in [4.78, 5) is 4.46. The molecule has 0 saturated carbocycles. The predicted octanol–water partition coefficient (Wildman–Crippen LogP) is 2.69. The molecular weight excluding hydrogens is 184 g/mol. The van der Waals surface area contributed by atoms with Crippen molar-refractivity contribution in [2.75, 3.05) is 0 Å². The smallest absolute Gasteiger partial charge is 0.141 e. The van der Waals surface area contributed by atoms with E-state index in [0.29, 0.717) is 5.88 Å². The van der Waals surface area contributed by atoms with Crippen LogP contribution < -0.4 is 0 Å². The standard InChI is InChI=1S/C10H11ClN2/c1-7-8(2)13-5-3-4-9(6-11)10(13)12-7/h3-5H,6H2,1-2H3. The zero-order chi connectivity index (χ0) is 9.42. The van der Waals surface area contributed by atoms with Crippen molar-refractivity contribution in [2.24, 2.45) is 0 Å². The van der Waals surface area contributed by atoms with Crippen LogP contribution in [-0.2, 0) is 5.88 Å². The molecule has 2 rings (SSSR count). The fourth-order valence-corrected chi connectivity index (χ4v) is 1.67. The summed E-state index contributed by atoms with van der Waals surface area (Å²) in [6.07, 6.45) is 2.01. The highest BCUT2D eigenvalue weighted by Gasteiger charge is 2.06. The van der Waals surface area contributed by atoms with Crippen LogP contribution in [0.2, 0.25) is 0 Å². The number of rotatable bonds is 1. The highest BCUT2D eigenvalue weighted by Crippen LogP contribution is 2.16. The normalized spacial score (nSPS) is 11.0. The minimum Gasteiger partial charge on any atom is -0.304 e. The molecule has 0 amide bonds. The fraction of sp³-hybridized carbons (Fsp3) is 0.300. The predicted molar refractivity (Wildman–Crippen MR) is 54.2 cm³/mol. The van der Waals surface area contributed by atoms with Gasteiger partial charge >= 0.3 is 0 Å². The second kappa shape index (κ2) is 3.04. The molecule has 0 radical (unpaired) electrons. The molecule has 0 unspecified atom stereocenters. The number of pyridine rings is 1. The molecular formula is C10H11ClN2. The number of imidazole rings is 1. The summed E-state index contributed by atoms with van der Waals surface area (Å²) >= 11 is 5.81. The second-order valence-electron chi connectivity index (χ2n) is 3.14. The SMILES string of the molecule is Cc1nc2c(CCl)cccn2c1C. The van der Waals surface area contributed by atoms with Crippen LogP contribution in [0, 0.1) is 13.8 Å². The van der Waals surface area contributed by atoms with E-state index in [1.165, 1.54) is 5.69 Å². The molecule has 13 heavy (non-hydrogen) atoms. The lowest BCUT2D eigenvalue weighted by atomic mass is 10.3. The number of alkyl halides is 1. The van der Waals surface area contributed by atoms with Gasteiger partial charge in [-0.1, -0.05) is 6.07 Å². The Balaban J connectivity index is 2.84. The Labute approximate surface area is 82.2 Å². The van der Waals surface area contributed by atoms with Crippen molar-refractivity contribution in [1.29, 1.82) is 0 Å². The largest absolute Gasteiger partial charge is 0.304 e. The van der Waals surface area contributed by atoms with Crippen LogP contribution in [0.5, 0.6) is 0 Å². The molecule has 2 nitrogen and oxygen atoms in total. The lowest BCUT2D eigenvalue weighted by molar-refractivity contribution is 1.08. The molecule has 2 aromatic rings. The number of hydrogen-bond acceptors (Lipinski definition) is 1. The van der Waals surface area contributed by atoms with E-state index in [-0.39, 0.29) is 0 Å². The third-order valence-corrected chi connectivity index (χ3v) is 2.64. The van der Waals surface area contributed by atoms with Gasteiger partial charge < -0.3 is 4.40 Å². The van der Waals surface area contributed by atoms with Gasteiger partial charge in [0, 0.05) is 17.5 Å². The van der Waals surface area contributed by atoms with Crippen molar-refractivity contribution < 1.29 is 0 Å². The van der Waals surface area contributed by atoms with Gasteiger partial charge in [-0.2, -0.15) is 0 Å². The van der Waals surface area contributed by atoms with Gasteiger partial charge in [0.1, 0.15) is 5.65 Å². The first-order chi connectivity index (χ1) is 6.24. The summed E-state index contributed by atoms with van der Waals surface area (Å²) in [6, 6.07) is 4.01. The van der Waals surface area contributed by atoms with Crippen LogP contribution in [0.3, 0.4) is 0 Å². The Kier molecular flexibility index (Phi) is 2.00. The molecule has 0 bridgehead atoms. The quantitative estimate of drug-likeness (QED) is 0.638. The first-order valence-electron chi connectivity index (χ1n) is 4.23.